The number of hydrogen-bond acceptors (Lipinski definition) is 4. The van der Waals surface area contributed by atoms with Crippen molar-refractivity contribution in [1.82, 2.24) is 14.7 Å². The number of carbonyl (C=O) groups excluding carboxylic acids is 1. The van der Waals surface area contributed by atoms with E-state index < -0.39 is 11.2 Å². The summed E-state index contributed by atoms with van der Waals surface area (Å²) >= 11 is 0. The number of hydrogen-bond donors (Lipinski definition) is 0. The number of ether oxygens (including phenoxy) is 2. The van der Waals surface area contributed by atoms with Gasteiger partial charge in [0.1, 0.15) is 11.4 Å². The Kier molecular flexibility index (Phi) is 6.26. The molecular formula is C33H36FN3O3. The van der Waals surface area contributed by atoms with Crippen LogP contribution < -0.4 is 0 Å². The minimum absolute atomic E-state index is 0.184. The summed E-state index contributed by atoms with van der Waals surface area (Å²) in [5.41, 5.74) is 3.94. The van der Waals surface area contributed by atoms with Crippen LogP contribution in [0.15, 0.2) is 72.9 Å². The van der Waals surface area contributed by atoms with Crippen LogP contribution in [0.1, 0.15) is 50.3 Å². The van der Waals surface area contributed by atoms with Gasteiger partial charge in [-0.05, 0) is 99.5 Å². The van der Waals surface area contributed by atoms with Crippen LogP contribution in [0.5, 0.6) is 0 Å². The largest absolute Gasteiger partial charge is 0.444 e. The topological polar surface area (TPSA) is 56.6 Å². The highest BCUT2D eigenvalue weighted by atomic mass is 19.1. The number of methoxy groups -OCH3 is 1. The number of carbonyl (C=O) groups is 1. The van der Waals surface area contributed by atoms with E-state index in [9.17, 15) is 9.18 Å². The molecule has 1 aliphatic carbocycles. The lowest BCUT2D eigenvalue weighted by Gasteiger charge is -2.35. The summed E-state index contributed by atoms with van der Waals surface area (Å²) in [5.74, 6) is -0.0932. The molecule has 0 bridgehead atoms. The van der Waals surface area contributed by atoms with E-state index >= 15 is 0 Å². The molecule has 6 nitrogen and oxygen atoms in total. The fraction of sp³-hybridized carbons (Fsp3) is 0.394. The van der Waals surface area contributed by atoms with Crippen molar-refractivity contribution in [3.8, 4) is 5.69 Å². The molecule has 1 aromatic heterocycles. The second-order valence-corrected chi connectivity index (χ2v) is 12.4. The molecule has 7 heteroatoms. The maximum Gasteiger partial charge on any atom is 0.410 e. The third kappa shape index (κ3) is 4.37. The van der Waals surface area contributed by atoms with Crippen molar-refractivity contribution in [2.75, 3.05) is 20.2 Å². The minimum atomic E-state index is -0.563. The number of benzene rings is 3. The Hall–Kier alpha value is -3.71. The van der Waals surface area contributed by atoms with E-state index in [-0.39, 0.29) is 23.2 Å². The van der Waals surface area contributed by atoms with Crippen LogP contribution in [0.4, 0.5) is 9.18 Å². The average molecular weight is 542 g/mol. The first kappa shape index (κ1) is 26.5. The maximum atomic E-state index is 13.6. The molecule has 0 radical (unpaired) electrons. The molecule has 6 rings (SSSR count). The van der Waals surface area contributed by atoms with Crippen LogP contribution in [0.25, 0.3) is 16.6 Å². The maximum absolute atomic E-state index is 13.6. The Labute approximate surface area is 234 Å². The Morgan fingerprint density at radius 2 is 1.80 bits per heavy atom. The third-order valence-corrected chi connectivity index (χ3v) is 8.74. The van der Waals surface area contributed by atoms with Gasteiger partial charge >= 0.3 is 6.09 Å². The van der Waals surface area contributed by atoms with Crippen molar-refractivity contribution in [2.45, 2.75) is 57.2 Å². The van der Waals surface area contributed by atoms with Crippen molar-refractivity contribution in [1.29, 1.82) is 0 Å². The molecule has 0 unspecified atom stereocenters. The van der Waals surface area contributed by atoms with Crippen molar-refractivity contribution < 1.29 is 18.7 Å². The third-order valence-electron chi connectivity index (χ3n) is 8.74. The second-order valence-electron chi connectivity index (χ2n) is 12.4. The lowest BCUT2D eigenvalue weighted by molar-refractivity contribution is -0.0219. The summed E-state index contributed by atoms with van der Waals surface area (Å²) in [7, 11) is 1.80. The van der Waals surface area contributed by atoms with Gasteiger partial charge in [-0.1, -0.05) is 30.3 Å². The predicted octanol–water partition coefficient (Wildman–Crippen LogP) is 6.91. The van der Waals surface area contributed by atoms with Crippen LogP contribution in [0.2, 0.25) is 0 Å². The van der Waals surface area contributed by atoms with Crippen LogP contribution in [0, 0.1) is 18.7 Å². The van der Waals surface area contributed by atoms with E-state index in [0.29, 0.717) is 13.1 Å². The summed E-state index contributed by atoms with van der Waals surface area (Å²) in [5, 5.41) is 5.65. The molecule has 0 N–H and O–H groups in total. The van der Waals surface area contributed by atoms with Crippen molar-refractivity contribution in [2.24, 2.45) is 5.92 Å². The molecular weight excluding hydrogens is 505 g/mol. The second kappa shape index (κ2) is 9.44. The number of fused-ring (bicyclic) bond motifs is 2. The van der Waals surface area contributed by atoms with E-state index in [2.05, 4.69) is 48.4 Å². The molecule has 0 spiro atoms. The fourth-order valence-corrected chi connectivity index (χ4v) is 7.02. The van der Waals surface area contributed by atoms with Gasteiger partial charge in [-0.3, -0.25) is 0 Å². The molecule has 1 aliphatic heterocycles. The molecule has 2 aliphatic rings. The Bertz CT molecular complexity index is 1560. The first-order chi connectivity index (χ1) is 19.0. The van der Waals surface area contributed by atoms with Crippen LogP contribution in [0.3, 0.4) is 0 Å². The molecule has 2 heterocycles. The summed E-state index contributed by atoms with van der Waals surface area (Å²) < 4.78 is 27.6. The van der Waals surface area contributed by atoms with Gasteiger partial charge in [0.2, 0.25) is 0 Å². The summed E-state index contributed by atoms with van der Waals surface area (Å²) in [6.07, 6.45) is 3.15. The molecule has 3 atom stereocenters. The van der Waals surface area contributed by atoms with Gasteiger partial charge in [-0.15, -0.1) is 0 Å². The monoisotopic (exact) mass is 541 g/mol. The van der Waals surface area contributed by atoms with E-state index in [0.717, 1.165) is 40.6 Å². The number of halogens is 1. The van der Waals surface area contributed by atoms with Gasteiger partial charge in [0.05, 0.1) is 23.0 Å². The van der Waals surface area contributed by atoms with Crippen molar-refractivity contribution in [3.63, 3.8) is 0 Å². The van der Waals surface area contributed by atoms with E-state index in [4.69, 9.17) is 9.47 Å². The zero-order valence-electron chi connectivity index (χ0n) is 23.8. The number of aromatic nitrogens is 2. The predicted molar refractivity (Wildman–Crippen MR) is 153 cm³/mol. The zero-order valence-corrected chi connectivity index (χ0v) is 23.8. The van der Waals surface area contributed by atoms with E-state index in [1.807, 2.05) is 42.6 Å². The Morgan fingerprint density at radius 3 is 2.48 bits per heavy atom. The highest BCUT2D eigenvalue weighted by Crippen LogP contribution is 2.60. The molecule has 2 fully saturated rings. The lowest BCUT2D eigenvalue weighted by atomic mass is 9.72. The van der Waals surface area contributed by atoms with E-state index in [1.54, 1.807) is 19.2 Å². The van der Waals surface area contributed by atoms with Gasteiger partial charge in [0.25, 0.3) is 0 Å². The molecule has 3 aromatic carbocycles. The molecule has 208 valence electrons. The lowest BCUT2D eigenvalue weighted by Crippen LogP contribution is -2.40. The number of aryl methyl sites for hydroxylation is 1. The van der Waals surface area contributed by atoms with Crippen molar-refractivity contribution in [3.05, 3.63) is 95.4 Å². The van der Waals surface area contributed by atoms with Gasteiger partial charge in [0, 0.05) is 31.0 Å². The Morgan fingerprint density at radius 1 is 1.07 bits per heavy atom. The minimum Gasteiger partial charge on any atom is -0.444 e. The molecule has 1 saturated carbocycles. The van der Waals surface area contributed by atoms with Gasteiger partial charge in [-0.25, -0.2) is 13.9 Å². The summed E-state index contributed by atoms with van der Waals surface area (Å²) in [6, 6.07) is 21.2. The highest BCUT2D eigenvalue weighted by molar-refractivity contribution is 5.83. The fourth-order valence-electron chi connectivity index (χ4n) is 7.02. The number of nitrogens with zero attached hydrogens (tertiary/aromatic N) is 3. The van der Waals surface area contributed by atoms with Crippen LogP contribution in [-0.4, -0.2) is 46.6 Å². The Balaban J connectivity index is 1.45. The standard InChI is InChI=1S/C33H36FN3O3/c1-22-15-29-23(18-35-37(29)27-13-11-26(34)12-14-27)16-28(22)32-20-33(39-5,24-9-7-6-8-10-24)17-25(32)19-36(21-32)30(38)40-31(2,3)4/h6-16,18,25H,17,19-21H2,1-5H3/t25-,32-,33-/m0/s1. The highest BCUT2D eigenvalue weighted by Gasteiger charge is 2.61. The quantitative estimate of drug-likeness (QED) is 0.282. The zero-order chi connectivity index (χ0) is 28.3. The van der Waals surface area contributed by atoms with Crippen LogP contribution in [-0.2, 0) is 20.5 Å². The normalized spacial score (nSPS) is 24.4. The number of amides is 1. The first-order valence-corrected chi connectivity index (χ1v) is 13.9. The van der Waals surface area contributed by atoms with Gasteiger partial charge in [-0.2, -0.15) is 5.10 Å². The molecule has 1 saturated heterocycles. The van der Waals surface area contributed by atoms with Crippen LogP contribution >= 0.6 is 0 Å². The van der Waals surface area contributed by atoms with Crippen molar-refractivity contribution >= 4 is 17.0 Å². The molecule has 1 amide bonds. The van der Waals surface area contributed by atoms with Gasteiger partial charge in [0.15, 0.2) is 0 Å². The summed E-state index contributed by atoms with van der Waals surface area (Å²) in [6.45, 7) is 9.01. The molecule has 4 aromatic rings. The smallest absolute Gasteiger partial charge is 0.410 e. The number of likely N-dealkylation sites (tertiary alicyclic amines) is 1. The summed E-state index contributed by atoms with van der Waals surface area (Å²) in [4.78, 5) is 15.2. The first-order valence-electron chi connectivity index (χ1n) is 13.9. The molecule has 40 heavy (non-hydrogen) atoms. The average Bonchev–Trinajstić information content (AvgIpc) is 3.58. The number of rotatable bonds is 4. The SMILES string of the molecule is CO[C@@]1(c2ccccc2)C[C@H]2CN(C(=O)OC(C)(C)C)C[C@@]2(c2cc3cnn(-c4ccc(F)cc4)c3cc2C)C1. The van der Waals surface area contributed by atoms with E-state index in [1.165, 1.54) is 17.7 Å². The van der Waals surface area contributed by atoms with Gasteiger partial charge < -0.3 is 14.4 Å².